The van der Waals surface area contributed by atoms with Crippen molar-refractivity contribution in [2.45, 2.75) is 104 Å². The first kappa shape index (κ1) is 33.4. The minimum Gasteiger partial charge on any atom is -1.00 e. The second-order valence-electron chi connectivity index (χ2n) is 9.47. The van der Waals surface area contributed by atoms with E-state index in [1.54, 1.807) is 18.2 Å². The zero-order valence-electron chi connectivity index (χ0n) is 22.8. The predicted molar refractivity (Wildman–Crippen MR) is 146 cm³/mol. The number of imide groups is 1. The third kappa shape index (κ3) is 12.2. The lowest BCUT2D eigenvalue weighted by Gasteiger charge is -2.19. The number of hydrogen-bond donors (Lipinski definition) is 0. The Hall–Kier alpha value is -1.67. The molecule has 0 aliphatic heterocycles. The summed E-state index contributed by atoms with van der Waals surface area (Å²) < 4.78 is 7.93. The van der Waals surface area contributed by atoms with Crippen LogP contribution in [0, 0.1) is 0 Å². The van der Waals surface area contributed by atoms with Crippen molar-refractivity contribution in [1.29, 1.82) is 0 Å². The Morgan fingerprint density at radius 2 is 1.54 bits per heavy atom. The lowest BCUT2D eigenvalue weighted by molar-refractivity contribution is -0.704. The Kier molecular flexibility index (Phi) is 17.5. The van der Waals surface area contributed by atoms with Crippen molar-refractivity contribution in [1.82, 2.24) is 4.90 Å². The van der Waals surface area contributed by atoms with Crippen LogP contribution in [-0.4, -0.2) is 23.3 Å². The van der Waals surface area contributed by atoms with Crippen LogP contribution >= 0.6 is 11.6 Å². The second-order valence-corrected chi connectivity index (χ2v) is 9.88. The molecule has 0 N–H and O–H groups in total. The highest BCUT2D eigenvalue weighted by Crippen LogP contribution is 2.26. The van der Waals surface area contributed by atoms with Crippen LogP contribution in [0.1, 0.15) is 107 Å². The van der Waals surface area contributed by atoms with Crippen molar-refractivity contribution in [2.75, 3.05) is 6.61 Å². The highest BCUT2D eigenvalue weighted by molar-refractivity contribution is 6.32. The fourth-order valence-electron chi connectivity index (χ4n) is 4.28. The molecule has 1 aromatic heterocycles. The number of halogens is 2. The van der Waals surface area contributed by atoms with E-state index in [2.05, 4.69) is 18.4 Å². The van der Waals surface area contributed by atoms with Crippen molar-refractivity contribution < 1.29 is 42.9 Å². The Bertz CT molecular complexity index is 954. The van der Waals surface area contributed by atoms with Crippen LogP contribution in [0.2, 0.25) is 5.02 Å². The summed E-state index contributed by atoms with van der Waals surface area (Å²) in [4.78, 5) is 26.8. The molecule has 0 radical (unpaired) electrons. The van der Waals surface area contributed by atoms with Gasteiger partial charge in [-0.2, -0.15) is 0 Å². The highest BCUT2D eigenvalue weighted by atomic mass is 127. The summed E-state index contributed by atoms with van der Waals surface area (Å²) in [6.07, 6.45) is 15.7. The Balaban J connectivity index is 0.00000684. The topological polar surface area (TPSA) is 50.5 Å². The summed E-state index contributed by atoms with van der Waals surface area (Å²) in [6.45, 7) is 7.40. The third-order valence-electron chi connectivity index (χ3n) is 6.38. The molecular formula is C30H44ClIN2O3. The lowest BCUT2D eigenvalue weighted by Crippen LogP contribution is -3.00. The number of ether oxygens (including phenoxy) is 1. The molecule has 37 heavy (non-hydrogen) atoms. The Labute approximate surface area is 245 Å². The summed E-state index contributed by atoms with van der Waals surface area (Å²) in [5.41, 5.74) is 1.28. The summed E-state index contributed by atoms with van der Waals surface area (Å²) in [7, 11) is 0. The Morgan fingerprint density at radius 1 is 0.892 bits per heavy atom. The zero-order valence-corrected chi connectivity index (χ0v) is 25.7. The third-order valence-corrected chi connectivity index (χ3v) is 6.67. The van der Waals surface area contributed by atoms with Crippen LogP contribution < -0.4 is 33.3 Å². The van der Waals surface area contributed by atoms with Crippen molar-refractivity contribution in [3.63, 3.8) is 0 Å². The van der Waals surface area contributed by atoms with E-state index < -0.39 is 0 Å². The molecule has 2 amide bonds. The summed E-state index contributed by atoms with van der Waals surface area (Å²) >= 11 is 6.43. The smallest absolute Gasteiger partial charge is 0.261 e. The number of rotatable bonds is 17. The molecule has 7 heteroatoms. The molecule has 2 aromatic rings. The maximum Gasteiger partial charge on any atom is 0.261 e. The standard InChI is InChI=1S/C30H44ClN2O3.HI/c1-4-6-7-8-9-10-11-12-13-16-22-36-29-19-18-26(23-28(29)31)30(35)33(25(3)34)24-27-17-14-15-21-32(27)20-5-2;/h14-15,17-19,21,23H,4-13,16,20,22,24H2,1-3H3;1H/q+1;/p-1. The molecule has 0 spiro atoms. The van der Waals surface area contributed by atoms with E-state index in [4.69, 9.17) is 16.3 Å². The lowest BCUT2D eigenvalue weighted by atomic mass is 10.1. The number of aryl methyl sites for hydroxylation is 1. The van der Waals surface area contributed by atoms with E-state index in [-0.39, 0.29) is 42.3 Å². The minimum atomic E-state index is -0.363. The summed E-state index contributed by atoms with van der Waals surface area (Å²) in [6, 6.07) is 10.8. The first-order valence-corrected chi connectivity index (χ1v) is 14.1. The van der Waals surface area contributed by atoms with Gasteiger partial charge in [0, 0.05) is 31.0 Å². The first-order valence-electron chi connectivity index (χ1n) is 13.7. The van der Waals surface area contributed by atoms with Gasteiger partial charge in [0.2, 0.25) is 11.6 Å². The number of nitrogens with zero attached hydrogens (tertiary/aromatic N) is 2. The van der Waals surface area contributed by atoms with E-state index in [1.807, 2.05) is 24.4 Å². The number of pyridine rings is 1. The van der Waals surface area contributed by atoms with Crippen molar-refractivity contribution in [2.24, 2.45) is 0 Å². The number of benzene rings is 1. The number of carbonyl (C=O) groups excluding carboxylic acids is 2. The predicted octanol–water partition coefficient (Wildman–Crippen LogP) is 4.53. The molecule has 206 valence electrons. The number of aromatic nitrogens is 1. The quantitative estimate of drug-likeness (QED) is 0.145. The van der Waals surface area contributed by atoms with E-state index in [9.17, 15) is 9.59 Å². The van der Waals surface area contributed by atoms with Crippen molar-refractivity contribution >= 4 is 23.4 Å². The van der Waals surface area contributed by atoms with Gasteiger partial charge < -0.3 is 28.7 Å². The molecular weight excluding hydrogens is 599 g/mol. The normalized spacial score (nSPS) is 10.6. The van der Waals surface area contributed by atoms with Gasteiger partial charge in [-0.25, -0.2) is 4.57 Å². The molecule has 2 rings (SSSR count). The van der Waals surface area contributed by atoms with Gasteiger partial charge in [-0.15, -0.1) is 0 Å². The number of hydrogen-bond acceptors (Lipinski definition) is 3. The maximum atomic E-state index is 13.2. The molecule has 0 saturated carbocycles. The zero-order chi connectivity index (χ0) is 26.2. The monoisotopic (exact) mass is 642 g/mol. The van der Waals surface area contributed by atoms with E-state index in [0.29, 0.717) is 22.9 Å². The van der Waals surface area contributed by atoms with Crippen molar-refractivity contribution in [3.05, 3.63) is 58.9 Å². The fourth-order valence-corrected chi connectivity index (χ4v) is 4.52. The molecule has 0 saturated heterocycles. The molecule has 5 nitrogen and oxygen atoms in total. The van der Waals surface area contributed by atoms with E-state index in [0.717, 1.165) is 31.5 Å². The molecule has 0 aliphatic rings. The van der Waals surface area contributed by atoms with Gasteiger partial charge in [0.25, 0.3) is 5.91 Å². The molecule has 0 unspecified atom stereocenters. The summed E-state index contributed by atoms with van der Waals surface area (Å²) in [5.74, 6) is -0.0933. The van der Waals surface area contributed by atoms with E-state index >= 15 is 0 Å². The van der Waals surface area contributed by atoms with Crippen LogP contribution in [0.3, 0.4) is 0 Å². The number of amides is 2. The fraction of sp³-hybridized carbons (Fsp3) is 0.567. The van der Waals surface area contributed by atoms with Gasteiger partial charge in [-0.05, 0) is 24.6 Å². The SMILES string of the molecule is CCCCCCCCCCCCOc1ccc(C(=O)N(Cc2cccc[n+]2CCC)C(C)=O)cc1Cl.[I-]. The average Bonchev–Trinajstić information content (AvgIpc) is 2.87. The molecule has 1 heterocycles. The average molecular weight is 643 g/mol. The number of carbonyl (C=O) groups is 2. The van der Waals surface area contributed by atoms with Gasteiger partial charge in [0.15, 0.2) is 6.20 Å². The van der Waals surface area contributed by atoms with Crippen LogP contribution in [-0.2, 0) is 17.9 Å². The molecule has 0 bridgehead atoms. The molecule has 0 aliphatic carbocycles. The second kappa shape index (κ2) is 19.4. The van der Waals surface area contributed by atoms with Crippen molar-refractivity contribution in [3.8, 4) is 5.75 Å². The van der Waals surface area contributed by atoms with Crippen LogP contribution in [0.5, 0.6) is 5.75 Å². The van der Waals surface area contributed by atoms with Crippen LogP contribution in [0.25, 0.3) is 0 Å². The first-order chi connectivity index (χ1) is 17.5. The maximum absolute atomic E-state index is 13.2. The van der Waals surface area contributed by atoms with Gasteiger partial charge >= 0.3 is 0 Å². The van der Waals surface area contributed by atoms with Gasteiger partial charge in [-0.1, -0.05) is 89.3 Å². The molecule has 0 fully saturated rings. The minimum absolute atomic E-state index is 0. The van der Waals surface area contributed by atoms with Crippen LogP contribution in [0.4, 0.5) is 0 Å². The molecule has 0 atom stereocenters. The van der Waals surface area contributed by atoms with Gasteiger partial charge in [0.05, 0.1) is 11.6 Å². The molecule has 1 aromatic carbocycles. The van der Waals surface area contributed by atoms with Crippen LogP contribution in [0.15, 0.2) is 42.6 Å². The Morgan fingerprint density at radius 3 is 2.14 bits per heavy atom. The largest absolute Gasteiger partial charge is 1.00 e. The van der Waals surface area contributed by atoms with Gasteiger partial charge in [-0.3, -0.25) is 14.5 Å². The highest BCUT2D eigenvalue weighted by Gasteiger charge is 2.24. The number of unbranched alkanes of at least 4 members (excludes halogenated alkanes) is 9. The van der Waals surface area contributed by atoms with E-state index in [1.165, 1.54) is 63.2 Å². The van der Waals surface area contributed by atoms with Gasteiger partial charge in [0.1, 0.15) is 18.8 Å². The summed E-state index contributed by atoms with van der Waals surface area (Å²) in [5, 5.41) is 0.386.